The molecule has 12 heteroatoms. The standard InChI is InChI=1S/C25H30N8O4/c1-14(2)30-25(37)32-18-7-10-33(24(36)20-13-27-8-9-28-20)21(18)23(35)31-19(22(26)34)11-15-12-29-17-6-4-3-5-16(15)17/h3-6,8-9,12-14,18-19,21,29H,7,10-11H2,1-2H3,(H2,26,34)(H,31,35)(H2,30,32,37). The van der Waals surface area contributed by atoms with Gasteiger partial charge in [0, 0.05) is 48.5 Å². The number of hydrogen-bond donors (Lipinski definition) is 5. The van der Waals surface area contributed by atoms with Crippen LogP contribution >= 0.6 is 0 Å². The van der Waals surface area contributed by atoms with E-state index >= 15 is 0 Å². The number of nitrogens with zero attached hydrogens (tertiary/aromatic N) is 3. The molecule has 12 nitrogen and oxygen atoms in total. The molecule has 0 saturated carbocycles. The van der Waals surface area contributed by atoms with Crippen molar-refractivity contribution in [2.45, 2.75) is 50.9 Å². The van der Waals surface area contributed by atoms with Crippen LogP contribution in [0.25, 0.3) is 10.9 Å². The Bertz CT molecular complexity index is 1290. The first kappa shape index (κ1) is 25.6. The number of urea groups is 1. The summed E-state index contributed by atoms with van der Waals surface area (Å²) in [6.07, 6.45) is 6.39. The van der Waals surface area contributed by atoms with Gasteiger partial charge >= 0.3 is 6.03 Å². The van der Waals surface area contributed by atoms with Gasteiger partial charge in [0.05, 0.1) is 12.2 Å². The zero-order valence-electron chi connectivity index (χ0n) is 20.6. The summed E-state index contributed by atoms with van der Waals surface area (Å²) in [5, 5.41) is 9.14. The number of benzene rings is 1. The van der Waals surface area contributed by atoms with E-state index in [4.69, 9.17) is 5.73 Å². The summed E-state index contributed by atoms with van der Waals surface area (Å²) in [5.74, 6) is -1.83. The van der Waals surface area contributed by atoms with Crippen LogP contribution in [0.4, 0.5) is 4.79 Å². The van der Waals surface area contributed by atoms with Crippen molar-refractivity contribution in [1.29, 1.82) is 0 Å². The Morgan fingerprint density at radius 3 is 2.65 bits per heavy atom. The fourth-order valence-electron chi connectivity index (χ4n) is 4.52. The van der Waals surface area contributed by atoms with Gasteiger partial charge in [0.2, 0.25) is 11.8 Å². The lowest BCUT2D eigenvalue weighted by atomic mass is 10.0. The van der Waals surface area contributed by atoms with Crippen molar-refractivity contribution < 1.29 is 19.2 Å². The van der Waals surface area contributed by atoms with Crippen LogP contribution in [-0.2, 0) is 16.0 Å². The molecule has 0 radical (unpaired) electrons. The number of rotatable bonds is 8. The highest BCUT2D eigenvalue weighted by Crippen LogP contribution is 2.22. The van der Waals surface area contributed by atoms with Gasteiger partial charge in [-0.1, -0.05) is 18.2 Å². The summed E-state index contributed by atoms with van der Waals surface area (Å²) >= 11 is 0. The Labute approximate surface area is 213 Å². The number of aromatic nitrogens is 3. The summed E-state index contributed by atoms with van der Waals surface area (Å²) in [6, 6.07) is 4.18. The van der Waals surface area contributed by atoms with Crippen molar-refractivity contribution in [3.8, 4) is 0 Å². The number of para-hydroxylation sites is 1. The zero-order valence-corrected chi connectivity index (χ0v) is 20.6. The van der Waals surface area contributed by atoms with Crippen molar-refractivity contribution in [1.82, 2.24) is 35.8 Å². The first-order valence-electron chi connectivity index (χ1n) is 12.0. The summed E-state index contributed by atoms with van der Waals surface area (Å²) in [6.45, 7) is 3.82. The molecule has 3 unspecified atom stereocenters. The molecular weight excluding hydrogens is 476 g/mol. The fourth-order valence-corrected chi connectivity index (χ4v) is 4.52. The Morgan fingerprint density at radius 1 is 1.16 bits per heavy atom. The third-order valence-corrected chi connectivity index (χ3v) is 6.20. The van der Waals surface area contributed by atoms with E-state index in [1.807, 2.05) is 38.1 Å². The van der Waals surface area contributed by atoms with Gasteiger partial charge < -0.3 is 31.6 Å². The van der Waals surface area contributed by atoms with Crippen LogP contribution in [-0.4, -0.2) is 74.3 Å². The number of aromatic amines is 1. The molecule has 194 valence electrons. The number of amides is 5. The van der Waals surface area contributed by atoms with Gasteiger partial charge in [-0.2, -0.15) is 0 Å². The van der Waals surface area contributed by atoms with Gasteiger partial charge in [0.15, 0.2) is 0 Å². The minimum absolute atomic E-state index is 0.0674. The molecule has 6 N–H and O–H groups in total. The lowest BCUT2D eigenvalue weighted by Gasteiger charge is -2.29. The Morgan fingerprint density at radius 2 is 1.95 bits per heavy atom. The van der Waals surface area contributed by atoms with Crippen LogP contribution in [0.1, 0.15) is 36.3 Å². The second kappa shape index (κ2) is 11.1. The molecule has 37 heavy (non-hydrogen) atoms. The maximum Gasteiger partial charge on any atom is 0.315 e. The number of fused-ring (bicyclic) bond motifs is 1. The van der Waals surface area contributed by atoms with Crippen molar-refractivity contribution in [3.05, 3.63) is 60.3 Å². The third-order valence-electron chi connectivity index (χ3n) is 6.20. The number of carbonyl (C=O) groups excluding carboxylic acids is 4. The van der Waals surface area contributed by atoms with Crippen molar-refractivity contribution >= 4 is 34.7 Å². The second-order valence-corrected chi connectivity index (χ2v) is 9.23. The molecule has 1 saturated heterocycles. The van der Waals surface area contributed by atoms with Crippen LogP contribution in [0.2, 0.25) is 0 Å². The highest BCUT2D eigenvalue weighted by Gasteiger charge is 2.44. The summed E-state index contributed by atoms with van der Waals surface area (Å²) in [7, 11) is 0. The van der Waals surface area contributed by atoms with E-state index in [1.54, 1.807) is 6.20 Å². The number of nitrogens with one attached hydrogen (secondary N) is 4. The molecule has 1 aromatic carbocycles. The summed E-state index contributed by atoms with van der Waals surface area (Å²) in [5.41, 5.74) is 7.43. The van der Waals surface area contributed by atoms with E-state index in [9.17, 15) is 19.2 Å². The first-order chi connectivity index (χ1) is 17.7. The van der Waals surface area contributed by atoms with Crippen LogP contribution in [0.15, 0.2) is 49.1 Å². The average molecular weight is 507 g/mol. The van der Waals surface area contributed by atoms with Crippen molar-refractivity contribution in [2.75, 3.05) is 6.54 Å². The molecule has 3 aromatic rings. The van der Waals surface area contributed by atoms with Gasteiger partial charge in [-0.3, -0.25) is 19.4 Å². The molecule has 0 bridgehead atoms. The van der Waals surface area contributed by atoms with E-state index in [-0.39, 0.29) is 24.7 Å². The minimum Gasteiger partial charge on any atom is -0.368 e. The minimum atomic E-state index is -1.09. The lowest BCUT2D eigenvalue weighted by molar-refractivity contribution is -0.130. The van der Waals surface area contributed by atoms with E-state index in [2.05, 4.69) is 30.9 Å². The Kier molecular flexibility index (Phi) is 7.66. The first-order valence-corrected chi connectivity index (χ1v) is 12.0. The van der Waals surface area contributed by atoms with E-state index in [1.165, 1.54) is 23.5 Å². The molecule has 3 atom stereocenters. The summed E-state index contributed by atoms with van der Waals surface area (Å²) < 4.78 is 0. The molecule has 0 aliphatic carbocycles. The summed E-state index contributed by atoms with van der Waals surface area (Å²) in [4.78, 5) is 64.0. The predicted molar refractivity (Wildman–Crippen MR) is 135 cm³/mol. The molecular formula is C25H30N8O4. The predicted octanol–water partition coefficient (Wildman–Crippen LogP) is 0.461. The SMILES string of the molecule is CC(C)NC(=O)NC1CCN(C(=O)c2cnccn2)C1C(=O)NC(Cc1c[nH]c2ccccc12)C(N)=O. The largest absolute Gasteiger partial charge is 0.368 e. The molecule has 3 heterocycles. The van der Waals surface area contributed by atoms with Crippen molar-refractivity contribution in [2.24, 2.45) is 5.73 Å². The molecule has 0 spiro atoms. The fraction of sp³-hybridized carbons (Fsp3) is 0.360. The average Bonchev–Trinajstić information content (AvgIpc) is 3.47. The van der Waals surface area contributed by atoms with Crippen LogP contribution < -0.4 is 21.7 Å². The highest BCUT2D eigenvalue weighted by atomic mass is 16.2. The molecule has 2 aromatic heterocycles. The van der Waals surface area contributed by atoms with Gasteiger partial charge in [0.25, 0.3) is 5.91 Å². The van der Waals surface area contributed by atoms with Gasteiger partial charge in [-0.25, -0.2) is 9.78 Å². The van der Waals surface area contributed by atoms with Gasteiger partial charge in [0.1, 0.15) is 17.8 Å². The number of hydrogen-bond acceptors (Lipinski definition) is 6. The molecule has 4 rings (SSSR count). The maximum atomic E-state index is 13.6. The Balaban J connectivity index is 1.57. The number of H-pyrrole nitrogens is 1. The van der Waals surface area contributed by atoms with E-state index in [0.717, 1.165) is 16.5 Å². The van der Waals surface area contributed by atoms with E-state index in [0.29, 0.717) is 6.42 Å². The van der Waals surface area contributed by atoms with Crippen LogP contribution in [0.3, 0.4) is 0 Å². The number of likely N-dealkylation sites (tertiary alicyclic amines) is 1. The Hall–Kier alpha value is -4.48. The molecule has 5 amide bonds. The lowest BCUT2D eigenvalue weighted by Crippen LogP contribution is -2.59. The molecule has 1 aliphatic heterocycles. The van der Waals surface area contributed by atoms with Gasteiger partial charge in [-0.05, 0) is 31.9 Å². The molecule has 1 aliphatic rings. The smallest absolute Gasteiger partial charge is 0.315 e. The number of carbonyl (C=O) groups is 4. The zero-order chi connectivity index (χ0) is 26.5. The maximum absolute atomic E-state index is 13.6. The molecule has 1 fully saturated rings. The topological polar surface area (TPSA) is 175 Å². The van der Waals surface area contributed by atoms with Gasteiger partial charge in [-0.15, -0.1) is 0 Å². The highest BCUT2D eigenvalue weighted by molar-refractivity contribution is 5.98. The number of primary amides is 1. The van der Waals surface area contributed by atoms with E-state index < -0.39 is 41.9 Å². The number of nitrogens with two attached hydrogens (primary N) is 1. The second-order valence-electron chi connectivity index (χ2n) is 9.23. The monoisotopic (exact) mass is 506 g/mol. The van der Waals surface area contributed by atoms with Crippen molar-refractivity contribution in [3.63, 3.8) is 0 Å². The normalized spacial score (nSPS) is 18.0. The third kappa shape index (κ3) is 5.85. The van der Waals surface area contributed by atoms with Crippen LogP contribution in [0.5, 0.6) is 0 Å². The quantitative estimate of drug-likeness (QED) is 0.297. The van der Waals surface area contributed by atoms with Crippen LogP contribution in [0, 0.1) is 0 Å².